The number of benzene rings is 3. The lowest BCUT2D eigenvalue weighted by Gasteiger charge is -2.37. The molecule has 0 bridgehead atoms. The van der Waals surface area contributed by atoms with Gasteiger partial charge in [-0.1, -0.05) is 72.8 Å². The second-order valence-electron chi connectivity index (χ2n) is 7.00. The first-order valence-corrected chi connectivity index (χ1v) is 10.6. The smallest absolute Gasteiger partial charge is 0.305 e. The molecule has 0 saturated heterocycles. The Kier molecular flexibility index (Phi) is 7.39. The SMILES string of the molecule is CC(c1ccccc1)N(Cc1ccccc1)C(CC(=O)O)c1cccc(I)c1F. The van der Waals surface area contributed by atoms with Gasteiger partial charge in [0.05, 0.1) is 6.42 Å². The van der Waals surface area contributed by atoms with Crippen molar-refractivity contribution in [2.75, 3.05) is 0 Å². The largest absolute Gasteiger partial charge is 0.481 e. The number of carboxylic acids is 1. The summed E-state index contributed by atoms with van der Waals surface area (Å²) in [6, 6.07) is 24.3. The van der Waals surface area contributed by atoms with Crippen LogP contribution in [0.2, 0.25) is 0 Å². The molecule has 5 heteroatoms. The number of carboxylic acid groups (broad SMARTS) is 1. The Labute approximate surface area is 184 Å². The van der Waals surface area contributed by atoms with Crippen molar-refractivity contribution in [3.8, 4) is 0 Å². The summed E-state index contributed by atoms with van der Waals surface area (Å²) in [6.07, 6.45) is -0.180. The topological polar surface area (TPSA) is 40.5 Å². The van der Waals surface area contributed by atoms with E-state index in [0.717, 1.165) is 11.1 Å². The average Bonchev–Trinajstić information content (AvgIpc) is 2.73. The molecular weight excluding hydrogens is 480 g/mol. The molecule has 2 atom stereocenters. The minimum absolute atomic E-state index is 0.0991. The van der Waals surface area contributed by atoms with Crippen molar-refractivity contribution < 1.29 is 14.3 Å². The van der Waals surface area contributed by atoms with Gasteiger partial charge in [-0.25, -0.2) is 4.39 Å². The van der Waals surface area contributed by atoms with Gasteiger partial charge in [-0.05, 0) is 46.7 Å². The third-order valence-corrected chi connectivity index (χ3v) is 5.93. The summed E-state index contributed by atoms with van der Waals surface area (Å²) in [5.74, 6) is -1.30. The zero-order chi connectivity index (χ0) is 20.8. The van der Waals surface area contributed by atoms with Crippen molar-refractivity contribution in [2.45, 2.75) is 32.0 Å². The lowest BCUT2D eigenvalue weighted by atomic mass is 9.96. The van der Waals surface area contributed by atoms with Gasteiger partial charge >= 0.3 is 5.97 Å². The van der Waals surface area contributed by atoms with Crippen molar-refractivity contribution in [1.82, 2.24) is 4.90 Å². The molecule has 0 aromatic heterocycles. The van der Waals surface area contributed by atoms with Gasteiger partial charge in [-0.2, -0.15) is 0 Å². The van der Waals surface area contributed by atoms with E-state index in [2.05, 4.69) is 4.90 Å². The number of halogens is 2. The van der Waals surface area contributed by atoms with Crippen LogP contribution in [0.25, 0.3) is 0 Å². The fourth-order valence-corrected chi connectivity index (χ4v) is 4.10. The fraction of sp³-hybridized carbons (Fsp3) is 0.208. The van der Waals surface area contributed by atoms with Gasteiger partial charge in [0.2, 0.25) is 0 Å². The van der Waals surface area contributed by atoms with E-state index in [0.29, 0.717) is 15.7 Å². The van der Waals surface area contributed by atoms with Gasteiger partial charge in [-0.15, -0.1) is 0 Å². The van der Waals surface area contributed by atoms with E-state index >= 15 is 4.39 Å². The highest BCUT2D eigenvalue weighted by Crippen LogP contribution is 2.36. The Bertz CT molecular complexity index is 950. The number of hydrogen-bond acceptors (Lipinski definition) is 2. The van der Waals surface area contributed by atoms with Crippen LogP contribution in [0.3, 0.4) is 0 Å². The van der Waals surface area contributed by atoms with Crippen molar-refractivity contribution in [3.05, 3.63) is 105 Å². The van der Waals surface area contributed by atoms with E-state index in [1.165, 1.54) is 0 Å². The molecule has 0 aliphatic carbocycles. The quantitative estimate of drug-likeness (QED) is 0.372. The van der Waals surface area contributed by atoms with E-state index in [-0.39, 0.29) is 18.3 Å². The van der Waals surface area contributed by atoms with Gasteiger partial charge in [0, 0.05) is 27.8 Å². The Morgan fingerprint density at radius 3 is 2.24 bits per heavy atom. The summed E-state index contributed by atoms with van der Waals surface area (Å²) in [5.41, 5.74) is 2.53. The molecule has 0 radical (unpaired) electrons. The maximum absolute atomic E-state index is 15.0. The number of carbonyl (C=O) groups is 1. The summed E-state index contributed by atoms with van der Waals surface area (Å²) in [7, 11) is 0. The second kappa shape index (κ2) is 9.98. The Morgan fingerprint density at radius 1 is 1.00 bits per heavy atom. The van der Waals surface area contributed by atoms with Crippen LogP contribution < -0.4 is 0 Å². The van der Waals surface area contributed by atoms with E-state index < -0.39 is 12.0 Å². The van der Waals surface area contributed by atoms with Crippen LogP contribution in [0.15, 0.2) is 78.9 Å². The van der Waals surface area contributed by atoms with Gasteiger partial charge in [0.25, 0.3) is 0 Å². The molecule has 2 unspecified atom stereocenters. The van der Waals surface area contributed by atoms with Crippen LogP contribution in [0.5, 0.6) is 0 Å². The molecule has 3 aromatic carbocycles. The first kappa shape index (κ1) is 21.5. The molecule has 0 spiro atoms. The van der Waals surface area contributed by atoms with E-state index in [1.54, 1.807) is 18.2 Å². The minimum atomic E-state index is -0.952. The summed E-state index contributed by atoms with van der Waals surface area (Å²) in [6.45, 7) is 2.55. The molecule has 1 N–H and O–H groups in total. The molecule has 0 heterocycles. The first-order chi connectivity index (χ1) is 14.0. The number of nitrogens with zero attached hydrogens (tertiary/aromatic N) is 1. The Hall–Kier alpha value is -2.25. The predicted octanol–water partition coefficient (Wildman–Crippen LogP) is 6.21. The Balaban J connectivity index is 2.08. The second-order valence-corrected chi connectivity index (χ2v) is 8.16. The molecular formula is C24H23FINO2. The van der Waals surface area contributed by atoms with Gasteiger partial charge in [0.1, 0.15) is 5.82 Å². The van der Waals surface area contributed by atoms with Crippen LogP contribution in [-0.4, -0.2) is 16.0 Å². The standard InChI is InChI=1S/C24H23FINO2/c1-17(19-11-6-3-7-12-19)27(16-18-9-4-2-5-10-18)22(15-23(28)29)20-13-8-14-21(26)24(20)25/h2-14,17,22H,15-16H2,1H3,(H,28,29). The zero-order valence-electron chi connectivity index (χ0n) is 16.1. The highest BCUT2D eigenvalue weighted by atomic mass is 127. The van der Waals surface area contributed by atoms with Gasteiger partial charge in [0.15, 0.2) is 0 Å². The van der Waals surface area contributed by atoms with E-state index in [9.17, 15) is 9.90 Å². The van der Waals surface area contributed by atoms with Crippen LogP contribution in [0.1, 0.15) is 42.1 Å². The highest BCUT2D eigenvalue weighted by molar-refractivity contribution is 14.1. The summed E-state index contributed by atoms with van der Waals surface area (Å²) in [5, 5.41) is 9.62. The molecule has 3 rings (SSSR count). The Morgan fingerprint density at radius 2 is 1.62 bits per heavy atom. The summed E-state index contributed by atoms with van der Waals surface area (Å²) >= 11 is 1.95. The molecule has 0 saturated carbocycles. The lowest BCUT2D eigenvalue weighted by Crippen LogP contribution is -2.33. The number of aliphatic carboxylic acids is 1. The molecule has 150 valence electrons. The van der Waals surface area contributed by atoms with Crippen molar-refractivity contribution in [3.63, 3.8) is 0 Å². The maximum atomic E-state index is 15.0. The normalized spacial score (nSPS) is 13.2. The van der Waals surface area contributed by atoms with Crippen molar-refractivity contribution in [1.29, 1.82) is 0 Å². The average molecular weight is 503 g/mol. The molecule has 29 heavy (non-hydrogen) atoms. The maximum Gasteiger partial charge on any atom is 0.305 e. The molecule has 0 amide bonds. The fourth-order valence-electron chi connectivity index (χ4n) is 3.58. The lowest BCUT2D eigenvalue weighted by molar-refractivity contribution is -0.138. The predicted molar refractivity (Wildman–Crippen MR) is 121 cm³/mol. The molecule has 3 aromatic rings. The van der Waals surface area contributed by atoms with Crippen LogP contribution in [0, 0.1) is 9.39 Å². The zero-order valence-corrected chi connectivity index (χ0v) is 18.3. The van der Waals surface area contributed by atoms with Crippen LogP contribution >= 0.6 is 22.6 Å². The first-order valence-electron chi connectivity index (χ1n) is 9.47. The minimum Gasteiger partial charge on any atom is -0.481 e. The third kappa shape index (κ3) is 5.42. The van der Waals surface area contributed by atoms with Crippen LogP contribution in [-0.2, 0) is 11.3 Å². The van der Waals surface area contributed by atoms with Crippen molar-refractivity contribution in [2.24, 2.45) is 0 Å². The number of hydrogen-bond donors (Lipinski definition) is 1. The van der Waals surface area contributed by atoms with Gasteiger partial charge < -0.3 is 5.11 Å². The molecule has 3 nitrogen and oxygen atoms in total. The van der Waals surface area contributed by atoms with Crippen LogP contribution in [0.4, 0.5) is 4.39 Å². The molecule has 0 aliphatic heterocycles. The monoisotopic (exact) mass is 503 g/mol. The molecule has 0 fully saturated rings. The van der Waals surface area contributed by atoms with Crippen molar-refractivity contribution >= 4 is 28.6 Å². The third-order valence-electron chi connectivity index (χ3n) is 5.10. The highest BCUT2D eigenvalue weighted by Gasteiger charge is 2.30. The van der Waals surface area contributed by atoms with Gasteiger partial charge in [-0.3, -0.25) is 9.69 Å². The molecule has 0 aliphatic rings. The number of rotatable bonds is 8. The van der Waals surface area contributed by atoms with E-state index in [1.807, 2.05) is 90.2 Å². The van der Waals surface area contributed by atoms with E-state index in [4.69, 9.17) is 0 Å². The summed E-state index contributed by atoms with van der Waals surface area (Å²) < 4.78 is 15.5. The summed E-state index contributed by atoms with van der Waals surface area (Å²) in [4.78, 5) is 13.8.